The summed E-state index contributed by atoms with van der Waals surface area (Å²) in [6.07, 6.45) is 0. The molecule has 0 spiro atoms. The van der Waals surface area contributed by atoms with E-state index in [1.807, 2.05) is 54.6 Å². The van der Waals surface area contributed by atoms with Crippen molar-refractivity contribution in [2.24, 2.45) is 5.73 Å². The summed E-state index contributed by atoms with van der Waals surface area (Å²) in [5.41, 5.74) is 8.37. The molecular formula is C24H25BrN2O3. The highest BCUT2D eigenvalue weighted by atomic mass is 79.9. The van der Waals surface area contributed by atoms with Gasteiger partial charge >= 0.3 is 0 Å². The first kappa shape index (κ1) is 21.9. The van der Waals surface area contributed by atoms with Crippen molar-refractivity contribution in [3.05, 3.63) is 94.0 Å². The minimum absolute atomic E-state index is 0.107. The molecule has 0 atom stereocenters. The summed E-state index contributed by atoms with van der Waals surface area (Å²) in [4.78, 5) is 14.9. The Kier molecular flexibility index (Phi) is 7.88. The van der Waals surface area contributed by atoms with Gasteiger partial charge in [0.15, 0.2) is 11.5 Å². The zero-order valence-electron chi connectivity index (χ0n) is 16.9. The van der Waals surface area contributed by atoms with E-state index in [1.54, 1.807) is 30.2 Å². The van der Waals surface area contributed by atoms with Gasteiger partial charge in [0.1, 0.15) is 6.61 Å². The number of amides is 1. The maximum atomic E-state index is 13.2. The van der Waals surface area contributed by atoms with Crippen LogP contribution in [0, 0.1) is 0 Å². The van der Waals surface area contributed by atoms with E-state index in [0.29, 0.717) is 43.3 Å². The summed E-state index contributed by atoms with van der Waals surface area (Å²) in [5.74, 6) is 1.00. The molecule has 6 heteroatoms. The van der Waals surface area contributed by atoms with Crippen molar-refractivity contribution in [3.8, 4) is 11.5 Å². The zero-order chi connectivity index (χ0) is 21.3. The first-order chi connectivity index (χ1) is 14.6. The van der Waals surface area contributed by atoms with Crippen LogP contribution in [0.5, 0.6) is 11.5 Å². The second-order valence-corrected chi connectivity index (χ2v) is 7.60. The normalized spacial score (nSPS) is 10.5. The lowest BCUT2D eigenvalue weighted by atomic mass is 10.1. The maximum Gasteiger partial charge on any atom is 0.254 e. The van der Waals surface area contributed by atoms with Crippen LogP contribution in [0.2, 0.25) is 0 Å². The zero-order valence-corrected chi connectivity index (χ0v) is 18.5. The number of rotatable bonds is 9. The molecule has 0 radical (unpaired) electrons. The molecule has 0 fully saturated rings. The maximum absolute atomic E-state index is 13.2. The van der Waals surface area contributed by atoms with Gasteiger partial charge in [0.2, 0.25) is 0 Å². The molecule has 156 valence electrons. The van der Waals surface area contributed by atoms with E-state index in [1.165, 1.54) is 0 Å². The average molecular weight is 469 g/mol. The molecule has 0 saturated heterocycles. The quantitative estimate of drug-likeness (QED) is 0.496. The molecule has 1 amide bonds. The molecule has 3 aromatic carbocycles. The standard InChI is InChI=1S/C24H25BrN2O3/c1-29-23-15-19(11-12-22(23)30-17-18-7-3-2-4-8-18)24(28)27(14-13-26)16-20-9-5-6-10-21(20)25/h2-12,15H,13-14,16-17,26H2,1H3. The molecule has 30 heavy (non-hydrogen) atoms. The van der Waals surface area contributed by atoms with Gasteiger partial charge in [-0.25, -0.2) is 0 Å². The number of nitrogens with two attached hydrogens (primary N) is 1. The van der Waals surface area contributed by atoms with E-state index in [2.05, 4.69) is 15.9 Å². The molecule has 0 unspecified atom stereocenters. The van der Waals surface area contributed by atoms with E-state index in [9.17, 15) is 4.79 Å². The summed E-state index contributed by atoms with van der Waals surface area (Å²) in [7, 11) is 1.57. The first-order valence-electron chi connectivity index (χ1n) is 9.70. The Morgan fingerprint density at radius 3 is 2.43 bits per heavy atom. The Hall–Kier alpha value is -2.83. The molecule has 0 aliphatic carbocycles. The lowest BCUT2D eigenvalue weighted by molar-refractivity contribution is 0.0747. The Bertz CT molecular complexity index is 979. The van der Waals surface area contributed by atoms with Crippen molar-refractivity contribution in [2.75, 3.05) is 20.2 Å². The fraction of sp³-hybridized carbons (Fsp3) is 0.208. The summed E-state index contributed by atoms with van der Waals surface area (Å²) in [6, 6.07) is 23.0. The van der Waals surface area contributed by atoms with E-state index in [-0.39, 0.29) is 5.91 Å². The number of carbonyl (C=O) groups is 1. The van der Waals surface area contributed by atoms with Gasteiger partial charge in [-0.1, -0.05) is 64.5 Å². The number of nitrogens with zero attached hydrogens (tertiary/aromatic N) is 1. The second-order valence-electron chi connectivity index (χ2n) is 6.75. The van der Waals surface area contributed by atoms with Crippen LogP contribution >= 0.6 is 15.9 Å². The Morgan fingerprint density at radius 1 is 1.00 bits per heavy atom. The van der Waals surface area contributed by atoms with Gasteiger partial charge in [-0.15, -0.1) is 0 Å². The number of benzene rings is 3. The monoisotopic (exact) mass is 468 g/mol. The Morgan fingerprint density at radius 2 is 1.73 bits per heavy atom. The molecule has 0 saturated carbocycles. The molecule has 0 aliphatic rings. The van der Waals surface area contributed by atoms with Gasteiger partial charge in [-0.2, -0.15) is 0 Å². The molecule has 2 N–H and O–H groups in total. The second kappa shape index (κ2) is 10.8. The number of methoxy groups -OCH3 is 1. The third kappa shape index (κ3) is 5.62. The van der Waals surface area contributed by atoms with Gasteiger partial charge < -0.3 is 20.1 Å². The molecule has 0 aliphatic heterocycles. The van der Waals surface area contributed by atoms with E-state index in [0.717, 1.165) is 15.6 Å². The van der Waals surface area contributed by atoms with Crippen LogP contribution in [0.3, 0.4) is 0 Å². The van der Waals surface area contributed by atoms with Crippen molar-refractivity contribution < 1.29 is 14.3 Å². The third-order valence-corrected chi connectivity index (χ3v) is 5.43. The van der Waals surface area contributed by atoms with E-state index in [4.69, 9.17) is 15.2 Å². The van der Waals surface area contributed by atoms with Crippen molar-refractivity contribution >= 4 is 21.8 Å². The third-order valence-electron chi connectivity index (χ3n) is 4.65. The molecule has 0 heterocycles. The summed E-state index contributed by atoms with van der Waals surface area (Å²) in [6.45, 7) is 1.72. The summed E-state index contributed by atoms with van der Waals surface area (Å²) in [5, 5.41) is 0. The highest BCUT2D eigenvalue weighted by molar-refractivity contribution is 9.10. The largest absolute Gasteiger partial charge is 0.493 e. The topological polar surface area (TPSA) is 64.8 Å². The van der Waals surface area contributed by atoms with Gasteiger partial charge in [0, 0.05) is 29.7 Å². The highest BCUT2D eigenvalue weighted by Gasteiger charge is 2.19. The first-order valence-corrected chi connectivity index (χ1v) is 10.5. The molecule has 0 bridgehead atoms. The average Bonchev–Trinajstić information content (AvgIpc) is 2.79. The van der Waals surface area contributed by atoms with E-state index >= 15 is 0 Å². The lowest BCUT2D eigenvalue weighted by Crippen LogP contribution is -2.35. The predicted octanol–water partition coefficient (Wildman–Crippen LogP) is 4.64. The fourth-order valence-electron chi connectivity index (χ4n) is 3.08. The smallest absolute Gasteiger partial charge is 0.254 e. The number of halogens is 1. The fourth-order valence-corrected chi connectivity index (χ4v) is 3.49. The van der Waals surface area contributed by atoms with Gasteiger partial charge in [-0.3, -0.25) is 4.79 Å². The number of carbonyl (C=O) groups excluding carboxylic acids is 1. The Labute approximate surface area is 185 Å². The van der Waals surface area contributed by atoms with Gasteiger partial charge in [-0.05, 0) is 35.4 Å². The minimum Gasteiger partial charge on any atom is -0.493 e. The van der Waals surface area contributed by atoms with Crippen LogP contribution in [0.4, 0.5) is 0 Å². The Balaban J connectivity index is 1.77. The summed E-state index contributed by atoms with van der Waals surface area (Å²) < 4.78 is 12.3. The molecule has 3 aromatic rings. The molecule has 0 aromatic heterocycles. The van der Waals surface area contributed by atoms with Crippen LogP contribution in [0.15, 0.2) is 77.3 Å². The number of hydrogen-bond acceptors (Lipinski definition) is 4. The minimum atomic E-state index is -0.107. The van der Waals surface area contributed by atoms with Crippen LogP contribution in [-0.2, 0) is 13.2 Å². The van der Waals surface area contributed by atoms with Crippen molar-refractivity contribution in [1.29, 1.82) is 0 Å². The predicted molar refractivity (Wildman–Crippen MR) is 122 cm³/mol. The van der Waals surface area contributed by atoms with Crippen LogP contribution in [0.25, 0.3) is 0 Å². The SMILES string of the molecule is COc1cc(C(=O)N(CCN)Cc2ccccc2Br)ccc1OCc1ccccc1. The van der Waals surface area contributed by atoms with Crippen LogP contribution in [0.1, 0.15) is 21.5 Å². The number of ether oxygens (including phenoxy) is 2. The van der Waals surface area contributed by atoms with E-state index < -0.39 is 0 Å². The van der Waals surface area contributed by atoms with Crippen molar-refractivity contribution in [3.63, 3.8) is 0 Å². The highest BCUT2D eigenvalue weighted by Crippen LogP contribution is 2.30. The lowest BCUT2D eigenvalue weighted by Gasteiger charge is -2.23. The van der Waals surface area contributed by atoms with Crippen LogP contribution in [-0.4, -0.2) is 31.0 Å². The number of hydrogen-bond donors (Lipinski definition) is 1. The summed E-state index contributed by atoms with van der Waals surface area (Å²) >= 11 is 3.54. The molecule has 5 nitrogen and oxygen atoms in total. The molecule has 3 rings (SSSR count). The van der Waals surface area contributed by atoms with Gasteiger partial charge in [0.25, 0.3) is 5.91 Å². The molecular weight excluding hydrogens is 444 g/mol. The van der Waals surface area contributed by atoms with Crippen LogP contribution < -0.4 is 15.2 Å². The van der Waals surface area contributed by atoms with Crippen molar-refractivity contribution in [2.45, 2.75) is 13.2 Å². The van der Waals surface area contributed by atoms with Gasteiger partial charge in [0.05, 0.1) is 7.11 Å². The van der Waals surface area contributed by atoms with Crippen molar-refractivity contribution in [1.82, 2.24) is 4.90 Å².